The highest BCUT2D eigenvalue weighted by Crippen LogP contribution is 2.49. The Morgan fingerprint density at radius 1 is 1.18 bits per heavy atom. The Bertz CT molecular complexity index is 1220. The van der Waals surface area contributed by atoms with Crippen LogP contribution in [-0.4, -0.2) is 28.6 Å². The van der Waals surface area contributed by atoms with E-state index in [9.17, 15) is 13.6 Å². The first-order valence-corrected chi connectivity index (χ1v) is 11.5. The van der Waals surface area contributed by atoms with Crippen LogP contribution < -0.4 is 5.32 Å². The first-order valence-electron chi connectivity index (χ1n) is 10.5. The molecule has 1 N–H and O–H groups in total. The molecule has 0 bridgehead atoms. The highest BCUT2D eigenvalue weighted by atomic mass is 32.2. The third-order valence-electron chi connectivity index (χ3n) is 6.02. The van der Waals surface area contributed by atoms with Gasteiger partial charge in [0.15, 0.2) is 10.9 Å². The molecule has 170 valence electrons. The molecule has 0 saturated carbocycles. The summed E-state index contributed by atoms with van der Waals surface area (Å²) in [7, 11) is 0. The van der Waals surface area contributed by atoms with E-state index in [0.717, 1.165) is 11.8 Å². The number of thioether (sulfide) groups is 1. The van der Waals surface area contributed by atoms with Crippen LogP contribution in [0.5, 0.6) is 0 Å². The first kappa shape index (κ1) is 21.8. The lowest BCUT2D eigenvalue weighted by Crippen LogP contribution is -2.49. The molecule has 0 spiro atoms. The Balaban J connectivity index is 1.50. The summed E-state index contributed by atoms with van der Waals surface area (Å²) in [6.45, 7) is 1.88. The Labute approximate surface area is 193 Å². The quantitative estimate of drug-likeness (QED) is 0.598. The molecule has 9 heteroatoms. The predicted molar refractivity (Wildman–Crippen MR) is 120 cm³/mol. The third-order valence-corrected chi connectivity index (χ3v) is 7.05. The summed E-state index contributed by atoms with van der Waals surface area (Å²) in [5.41, 5.74) is 0.379. The number of hydrogen-bond donors (Lipinski definition) is 1. The molecule has 1 fully saturated rings. The molecular formula is C24H21F2N3O3S. The largest absolute Gasteiger partial charge is 0.367 e. The van der Waals surface area contributed by atoms with Gasteiger partial charge >= 0.3 is 0 Å². The van der Waals surface area contributed by atoms with E-state index in [1.54, 1.807) is 24.3 Å². The van der Waals surface area contributed by atoms with E-state index in [-0.39, 0.29) is 30.1 Å². The van der Waals surface area contributed by atoms with Gasteiger partial charge in [0.2, 0.25) is 0 Å². The van der Waals surface area contributed by atoms with Crippen molar-refractivity contribution in [3.05, 3.63) is 88.8 Å². The van der Waals surface area contributed by atoms with Crippen molar-refractivity contribution in [2.75, 3.05) is 12.4 Å². The van der Waals surface area contributed by atoms with E-state index in [2.05, 4.69) is 10.5 Å². The van der Waals surface area contributed by atoms with Gasteiger partial charge in [0, 0.05) is 34.9 Å². The van der Waals surface area contributed by atoms with E-state index in [1.165, 1.54) is 23.9 Å². The van der Waals surface area contributed by atoms with Crippen LogP contribution in [0.15, 0.2) is 64.1 Å². The summed E-state index contributed by atoms with van der Waals surface area (Å²) in [6, 6.07) is 14.1. The average molecular weight is 470 g/mol. The topological polar surface area (TPSA) is 76.7 Å². The lowest BCUT2D eigenvalue weighted by Gasteiger charge is -2.46. The molecule has 2 aromatic carbocycles. The molecule has 6 nitrogen and oxygen atoms in total. The van der Waals surface area contributed by atoms with Gasteiger partial charge in [-0.05, 0) is 31.5 Å². The predicted octanol–water partition coefficient (Wildman–Crippen LogP) is 4.77. The normalized spacial score (nSPS) is 24.6. The number of aliphatic imine (C=N–C) groups is 1. The van der Waals surface area contributed by atoms with Crippen LogP contribution in [0, 0.1) is 24.5 Å². The summed E-state index contributed by atoms with van der Waals surface area (Å²) in [5.74, 6) is -0.620. The van der Waals surface area contributed by atoms with Gasteiger partial charge in [-0.2, -0.15) is 0 Å². The Morgan fingerprint density at radius 2 is 2.00 bits per heavy atom. The van der Waals surface area contributed by atoms with E-state index in [0.29, 0.717) is 28.7 Å². The lowest BCUT2D eigenvalue weighted by molar-refractivity contribution is -0.0693. The highest BCUT2D eigenvalue weighted by Gasteiger charge is 2.50. The van der Waals surface area contributed by atoms with Gasteiger partial charge in [-0.25, -0.2) is 13.8 Å². The number of carbonyl (C=O) groups is 1. The van der Waals surface area contributed by atoms with Gasteiger partial charge in [-0.15, -0.1) is 0 Å². The molecule has 3 aromatic rings. The number of nitrogens with zero attached hydrogens (tertiary/aromatic N) is 2. The van der Waals surface area contributed by atoms with Crippen molar-refractivity contribution in [1.29, 1.82) is 0 Å². The number of rotatable bonds is 3. The van der Waals surface area contributed by atoms with Crippen molar-refractivity contribution in [2.24, 2.45) is 10.9 Å². The van der Waals surface area contributed by atoms with Crippen LogP contribution in [-0.2, 0) is 10.3 Å². The van der Waals surface area contributed by atoms with Gasteiger partial charge in [0.25, 0.3) is 5.91 Å². The molecule has 3 atom stereocenters. The Hall–Kier alpha value is -3.04. The second-order valence-electron chi connectivity index (χ2n) is 8.20. The molecule has 5 rings (SSSR count). The number of nitrogens with one attached hydrogen (secondary N) is 1. The minimum atomic E-state index is -1.10. The van der Waals surface area contributed by atoms with Gasteiger partial charge in [0.1, 0.15) is 23.3 Å². The highest BCUT2D eigenvalue weighted by molar-refractivity contribution is 8.13. The van der Waals surface area contributed by atoms with Crippen LogP contribution in [0.25, 0.3) is 0 Å². The summed E-state index contributed by atoms with van der Waals surface area (Å²) >= 11 is 1.40. The van der Waals surface area contributed by atoms with Crippen LogP contribution in [0.2, 0.25) is 0 Å². The van der Waals surface area contributed by atoms with Gasteiger partial charge in [-0.1, -0.05) is 41.2 Å². The molecule has 3 unspecified atom stereocenters. The number of halogens is 2. The van der Waals surface area contributed by atoms with Crippen molar-refractivity contribution >= 4 is 22.8 Å². The zero-order valence-electron chi connectivity index (χ0n) is 17.8. The number of hydrogen-bond acceptors (Lipinski definition) is 6. The molecule has 33 heavy (non-hydrogen) atoms. The fourth-order valence-corrected chi connectivity index (χ4v) is 5.51. The summed E-state index contributed by atoms with van der Waals surface area (Å²) in [5, 5.41) is 7.14. The zero-order chi connectivity index (χ0) is 23.0. The van der Waals surface area contributed by atoms with Crippen LogP contribution >= 0.6 is 11.8 Å². The lowest BCUT2D eigenvalue weighted by atomic mass is 9.74. The number of carbonyl (C=O) groups excluding carboxylic acids is 1. The third kappa shape index (κ3) is 4.18. The number of aromatic nitrogens is 1. The molecule has 1 aromatic heterocycles. The Morgan fingerprint density at radius 3 is 2.73 bits per heavy atom. The first-order chi connectivity index (χ1) is 15.9. The summed E-state index contributed by atoms with van der Waals surface area (Å²) in [4.78, 5) is 17.5. The van der Waals surface area contributed by atoms with Crippen molar-refractivity contribution in [3.8, 4) is 0 Å². The number of fused-ring (bicyclic) bond motifs is 1. The fraction of sp³-hybridized carbons (Fsp3) is 0.292. The Kier molecular flexibility index (Phi) is 5.76. The molecule has 0 radical (unpaired) electrons. The molecule has 3 heterocycles. The fourth-order valence-electron chi connectivity index (χ4n) is 4.34. The monoisotopic (exact) mass is 469 g/mol. The second kappa shape index (κ2) is 8.72. The maximum Gasteiger partial charge on any atom is 0.257 e. The number of amides is 1. The number of benzene rings is 2. The average Bonchev–Trinajstić information content (AvgIpc) is 3.25. The van der Waals surface area contributed by atoms with E-state index in [4.69, 9.17) is 14.3 Å². The van der Waals surface area contributed by atoms with Gasteiger partial charge < -0.3 is 14.6 Å². The minimum absolute atomic E-state index is 0.0515. The zero-order valence-corrected chi connectivity index (χ0v) is 18.6. The van der Waals surface area contributed by atoms with E-state index < -0.39 is 17.2 Å². The maximum absolute atomic E-state index is 15.0. The van der Waals surface area contributed by atoms with Crippen molar-refractivity contribution in [2.45, 2.75) is 25.0 Å². The molecule has 0 aliphatic carbocycles. The molecule has 2 aliphatic rings. The minimum Gasteiger partial charge on any atom is -0.367 e. The van der Waals surface area contributed by atoms with Gasteiger partial charge in [-0.3, -0.25) is 4.79 Å². The SMILES string of the molecule is Cc1cc(C2CC3CSC(NC(=O)c4ccccc4)=NC3(c3ccc(F)cc3F)CO2)on1. The van der Waals surface area contributed by atoms with Crippen LogP contribution in [0.3, 0.4) is 0 Å². The van der Waals surface area contributed by atoms with Gasteiger partial charge in [0.05, 0.1) is 12.3 Å². The van der Waals surface area contributed by atoms with Crippen molar-refractivity contribution < 1.29 is 22.8 Å². The summed E-state index contributed by atoms with van der Waals surface area (Å²) < 4.78 is 40.2. The number of amidine groups is 1. The molecule has 1 saturated heterocycles. The van der Waals surface area contributed by atoms with Crippen LogP contribution in [0.4, 0.5) is 8.78 Å². The second-order valence-corrected chi connectivity index (χ2v) is 9.21. The maximum atomic E-state index is 15.0. The van der Waals surface area contributed by atoms with Crippen molar-refractivity contribution in [3.63, 3.8) is 0 Å². The van der Waals surface area contributed by atoms with Crippen molar-refractivity contribution in [1.82, 2.24) is 10.5 Å². The summed E-state index contributed by atoms with van der Waals surface area (Å²) in [6.07, 6.45) is 0.172. The molecule has 1 amide bonds. The van der Waals surface area contributed by atoms with E-state index in [1.807, 2.05) is 19.1 Å². The molecule has 2 aliphatic heterocycles. The van der Waals surface area contributed by atoms with E-state index >= 15 is 0 Å². The van der Waals surface area contributed by atoms with Crippen LogP contribution in [0.1, 0.15) is 39.9 Å². The standard InChI is InChI=1S/C24H21F2N3O3S/c1-14-9-21(32-29-14)20-10-16-12-33-23(27-22(30)15-5-3-2-4-6-15)28-24(16,13-31-20)18-8-7-17(25)11-19(18)26/h2-9,11,16,20H,10,12-13H2,1H3,(H,27,28,30). The number of ether oxygens (including phenoxy) is 1. The smallest absolute Gasteiger partial charge is 0.257 e. The number of aryl methyl sites for hydroxylation is 1. The molecular weight excluding hydrogens is 448 g/mol.